The number of hydrogen-bond acceptors (Lipinski definition) is 2. The molecular formula is C13H21F2N3. The molecule has 5 heteroatoms. The fourth-order valence-corrected chi connectivity index (χ4v) is 2.51. The first-order valence-electron chi connectivity index (χ1n) is 6.64. The number of likely N-dealkylation sites (tertiary alicyclic amines) is 1. The van der Waals surface area contributed by atoms with Gasteiger partial charge in [-0.1, -0.05) is 6.92 Å². The maximum absolute atomic E-state index is 13.1. The van der Waals surface area contributed by atoms with Crippen LogP contribution in [0.5, 0.6) is 0 Å². The lowest BCUT2D eigenvalue weighted by atomic mass is 10.1. The third-order valence-corrected chi connectivity index (χ3v) is 3.73. The van der Waals surface area contributed by atoms with E-state index in [0.29, 0.717) is 13.1 Å². The fraction of sp³-hybridized carbons (Fsp3) is 0.769. The number of aromatic nitrogens is 2. The number of hydrogen-bond donors (Lipinski definition) is 0. The standard InChI is InChI=1S/C13H21F2N3/c1-3-12-16-6-9-18(12)10-11(2)17-7-4-13(14,15)5-8-17/h6,9,11H,3-5,7-8,10H2,1-2H3. The van der Waals surface area contributed by atoms with Crippen LogP contribution >= 0.6 is 0 Å². The molecule has 1 saturated heterocycles. The molecule has 1 aromatic heterocycles. The molecule has 0 amide bonds. The smallest absolute Gasteiger partial charge is 0.250 e. The van der Waals surface area contributed by atoms with Crippen molar-refractivity contribution in [3.8, 4) is 0 Å². The number of imidazole rings is 1. The van der Waals surface area contributed by atoms with Crippen LogP contribution in [0.2, 0.25) is 0 Å². The van der Waals surface area contributed by atoms with Crippen LogP contribution in [0.4, 0.5) is 8.78 Å². The second-order valence-corrected chi connectivity index (χ2v) is 5.09. The summed E-state index contributed by atoms with van der Waals surface area (Å²) >= 11 is 0. The second kappa shape index (κ2) is 5.34. The largest absolute Gasteiger partial charge is 0.333 e. The molecule has 0 aromatic carbocycles. The van der Waals surface area contributed by atoms with Gasteiger partial charge in [-0.05, 0) is 6.92 Å². The lowest BCUT2D eigenvalue weighted by Gasteiger charge is -2.36. The predicted octanol–water partition coefficient (Wildman–Crippen LogP) is 2.57. The van der Waals surface area contributed by atoms with Crippen LogP contribution in [0.25, 0.3) is 0 Å². The number of nitrogens with zero attached hydrogens (tertiary/aromatic N) is 3. The van der Waals surface area contributed by atoms with Crippen LogP contribution in [-0.4, -0.2) is 39.5 Å². The molecule has 1 aliphatic heterocycles. The van der Waals surface area contributed by atoms with E-state index < -0.39 is 5.92 Å². The summed E-state index contributed by atoms with van der Waals surface area (Å²) in [6.45, 7) is 5.98. The quantitative estimate of drug-likeness (QED) is 0.826. The summed E-state index contributed by atoms with van der Waals surface area (Å²) in [6.07, 6.45) is 4.64. The number of aryl methyl sites for hydroxylation is 1. The molecule has 1 aliphatic rings. The van der Waals surface area contributed by atoms with Crippen LogP contribution < -0.4 is 0 Å². The van der Waals surface area contributed by atoms with Crippen molar-refractivity contribution in [2.45, 2.75) is 51.6 Å². The van der Waals surface area contributed by atoms with Crippen LogP contribution in [0.15, 0.2) is 12.4 Å². The Balaban J connectivity index is 1.91. The minimum absolute atomic E-state index is 0.0120. The van der Waals surface area contributed by atoms with Gasteiger partial charge in [0, 0.05) is 57.3 Å². The Kier molecular flexibility index (Phi) is 4.00. The molecule has 0 saturated carbocycles. The summed E-state index contributed by atoms with van der Waals surface area (Å²) in [6, 6.07) is 0.278. The Morgan fingerprint density at radius 1 is 1.39 bits per heavy atom. The van der Waals surface area contributed by atoms with Crippen molar-refractivity contribution in [2.24, 2.45) is 0 Å². The maximum Gasteiger partial charge on any atom is 0.250 e. The van der Waals surface area contributed by atoms with Crippen LogP contribution in [0.1, 0.15) is 32.5 Å². The highest BCUT2D eigenvalue weighted by molar-refractivity contribution is 4.93. The van der Waals surface area contributed by atoms with Crippen molar-refractivity contribution in [1.82, 2.24) is 14.5 Å². The van der Waals surface area contributed by atoms with Gasteiger partial charge in [-0.3, -0.25) is 4.90 Å². The van der Waals surface area contributed by atoms with Gasteiger partial charge in [-0.25, -0.2) is 13.8 Å². The molecule has 102 valence electrons. The third-order valence-electron chi connectivity index (χ3n) is 3.73. The van der Waals surface area contributed by atoms with Gasteiger partial charge >= 0.3 is 0 Å². The van der Waals surface area contributed by atoms with E-state index in [0.717, 1.165) is 18.8 Å². The zero-order chi connectivity index (χ0) is 13.2. The molecule has 0 aliphatic carbocycles. The Morgan fingerprint density at radius 3 is 2.67 bits per heavy atom. The van der Waals surface area contributed by atoms with Crippen LogP contribution in [0, 0.1) is 0 Å². The predicted molar refractivity (Wildman–Crippen MR) is 66.8 cm³/mol. The molecule has 1 fully saturated rings. The number of piperidine rings is 1. The summed E-state index contributed by atoms with van der Waals surface area (Å²) < 4.78 is 28.3. The van der Waals surface area contributed by atoms with Gasteiger partial charge < -0.3 is 4.57 Å². The van der Waals surface area contributed by atoms with Gasteiger partial charge in [0.15, 0.2) is 0 Å². The van der Waals surface area contributed by atoms with Crippen molar-refractivity contribution in [3.05, 3.63) is 18.2 Å². The lowest BCUT2D eigenvalue weighted by Crippen LogP contribution is -2.45. The first-order chi connectivity index (χ1) is 8.52. The summed E-state index contributed by atoms with van der Waals surface area (Å²) in [7, 11) is 0. The first-order valence-corrected chi connectivity index (χ1v) is 6.64. The summed E-state index contributed by atoms with van der Waals surface area (Å²) in [4.78, 5) is 6.43. The minimum Gasteiger partial charge on any atom is -0.333 e. The highest BCUT2D eigenvalue weighted by atomic mass is 19.3. The molecule has 2 heterocycles. The van der Waals surface area contributed by atoms with E-state index in [4.69, 9.17) is 0 Å². The van der Waals surface area contributed by atoms with Crippen molar-refractivity contribution >= 4 is 0 Å². The monoisotopic (exact) mass is 257 g/mol. The van der Waals surface area contributed by atoms with E-state index in [2.05, 4.69) is 28.3 Å². The van der Waals surface area contributed by atoms with E-state index in [1.165, 1.54) is 0 Å². The molecule has 3 nitrogen and oxygen atoms in total. The van der Waals surface area contributed by atoms with Crippen molar-refractivity contribution in [2.75, 3.05) is 13.1 Å². The average Bonchev–Trinajstić information content (AvgIpc) is 2.76. The van der Waals surface area contributed by atoms with Gasteiger partial charge in [0.25, 0.3) is 5.92 Å². The summed E-state index contributed by atoms with van der Waals surface area (Å²) in [5.41, 5.74) is 0. The maximum atomic E-state index is 13.1. The van der Waals surface area contributed by atoms with Gasteiger partial charge in [0.05, 0.1) is 0 Å². The van der Waals surface area contributed by atoms with E-state index >= 15 is 0 Å². The highest BCUT2D eigenvalue weighted by Gasteiger charge is 2.35. The molecule has 18 heavy (non-hydrogen) atoms. The number of halogens is 2. The van der Waals surface area contributed by atoms with Crippen molar-refractivity contribution < 1.29 is 8.78 Å². The Labute approximate surface area is 107 Å². The van der Waals surface area contributed by atoms with Crippen molar-refractivity contribution in [3.63, 3.8) is 0 Å². The summed E-state index contributed by atoms with van der Waals surface area (Å²) in [5.74, 6) is -1.40. The molecule has 0 spiro atoms. The van der Waals surface area contributed by atoms with Crippen molar-refractivity contribution in [1.29, 1.82) is 0 Å². The van der Waals surface area contributed by atoms with E-state index in [9.17, 15) is 8.78 Å². The van der Waals surface area contributed by atoms with E-state index in [1.54, 1.807) is 6.20 Å². The Hall–Kier alpha value is -0.970. The van der Waals surface area contributed by atoms with Crippen LogP contribution in [0.3, 0.4) is 0 Å². The molecule has 0 radical (unpaired) electrons. The number of alkyl halides is 2. The molecule has 2 rings (SSSR count). The SMILES string of the molecule is CCc1nccn1CC(C)N1CCC(F)(F)CC1. The fourth-order valence-electron chi connectivity index (χ4n) is 2.51. The van der Waals surface area contributed by atoms with Gasteiger partial charge in [0.2, 0.25) is 0 Å². The lowest BCUT2D eigenvalue weighted by molar-refractivity contribution is -0.0627. The Bertz CT molecular complexity index is 379. The van der Waals surface area contributed by atoms with E-state index in [1.807, 2.05) is 6.20 Å². The Morgan fingerprint density at radius 2 is 2.06 bits per heavy atom. The molecule has 0 N–H and O–H groups in total. The average molecular weight is 257 g/mol. The van der Waals surface area contributed by atoms with Crippen LogP contribution in [-0.2, 0) is 13.0 Å². The molecular weight excluding hydrogens is 236 g/mol. The summed E-state index contributed by atoms with van der Waals surface area (Å²) in [5, 5.41) is 0. The molecule has 1 atom stereocenters. The normalized spacial score (nSPS) is 22.0. The second-order valence-electron chi connectivity index (χ2n) is 5.09. The van der Waals surface area contributed by atoms with Gasteiger partial charge in [-0.15, -0.1) is 0 Å². The number of rotatable bonds is 4. The zero-order valence-electron chi connectivity index (χ0n) is 11.1. The molecule has 1 unspecified atom stereocenters. The van der Waals surface area contributed by atoms with Gasteiger partial charge in [-0.2, -0.15) is 0 Å². The van der Waals surface area contributed by atoms with Gasteiger partial charge in [0.1, 0.15) is 5.82 Å². The zero-order valence-corrected chi connectivity index (χ0v) is 11.1. The highest BCUT2D eigenvalue weighted by Crippen LogP contribution is 2.28. The topological polar surface area (TPSA) is 21.1 Å². The minimum atomic E-state index is -2.46. The molecule has 1 aromatic rings. The third kappa shape index (κ3) is 3.07. The first kappa shape index (κ1) is 13.5. The molecule has 0 bridgehead atoms. The van der Waals surface area contributed by atoms with E-state index in [-0.39, 0.29) is 18.9 Å².